The van der Waals surface area contributed by atoms with Crippen LogP contribution < -0.4 is 5.32 Å². The normalized spacial score (nSPS) is 12.1. The van der Waals surface area contributed by atoms with Crippen LogP contribution in [-0.4, -0.2) is 11.1 Å². The average molecular weight is 348 g/mol. The Morgan fingerprint density at radius 3 is 2.38 bits per heavy atom. The maximum atomic E-state index is 10.6. The highest BCUT2D eigenvalue weighted by Crippen LogP contribution is 2.23. The molecule has 3 nitrogen and oxygen atoms in total. The summed E-state index contributed by atoms with van der Waals surface area (Å²) in [6.07, 6.45) is 0.0705. The molecule has 2 aromatic carbocycles. The third kappa shape index (κ3) is 4.69. The van der Waals surface area contributed by atoms with Gasteiger partial charge >= 0.3 is 5.97 Å². The molecule has 0 bridgehead atoms. The van der Waals surface area contributed by atoms with E-state index in [1.807, 2.05) is 42.5 Å². The van der Waals surface area contributed by atoms with Gasteiger partial charge in [0.25, 0.3) is 0 Å². The summed E-state index contributed by atoms with van der Waals surface area (Å²) in [6, 6.07) is 16.1. The summed E-state index contributed by atoms with van der Waals surface area (Å²) in [5, 5.41) is 12.2. The van der Waals surface area contributed by atoms with Crippen LogP contribution in [0.25, 0.3) is 0 Å². The summed E-state index contributed by atoms with van der Waals surface area (Å²) in [7, 11) is 0. The standard InChI is InChI=1S/C17H18BrNO2/c1-12(15-4-2-3-5-16(15)18)19-11-14-8-6-13(7-9-14)10-17(20)21/h2-9,12,19H,10-11H2,1H3,(H,20,21)/t12-/m1/s1. The van der Waals surface area contributed by atoms with Gasteiger partial charge in [-0.3, -0.25) is 4.79 Å². The molecule has 0 aliphatic carbocycles. The largest absolute Gasteiger partial charge is 0.481 e. The second-order valence-electron chi connectivity index (χ2n) is 5.01. The zero-order valence-electron chi connectivity index (χ0n) is 11.8. The highest BCUT2D eigenvalue weighted by molar-refractivity contribution is 9.10. The van der Waals surface area contributed by atoms with E-state index in [0.717, 1.165) is 22.1 Å². The van der Waals surface area contributed by atoms with E-state index in [0.29, 0.717) is 0 Å². The molecule has 0 aliphatic heterocycles. The van der Waals surface area contributed by atoms with Gasteiger partial charge in [-0.15, -0.1) is 0 Å². The van der Waals surface area contributed by atoms with E-state index in [9.17, 15) is 4.79 Å². The molecule has 110 valence electrons. The Kier molecular flexibility index (Phi) is 5.53. The molecule has 0 saturated carbocycles. The maximum absolute atomic E-state index is 10.6. The Morgan fingerprint density at radius 1 is 1.14 bits per heavy atom. The van der Waals surface area contributed by atoms with E-state index >= 15 is 0 Å². The monoisotopic (exact) mass is 347 g/mol. The molecule has 2 rings (SSSR count). The summed E-state index contributed by atoms with van der Waals surface area (Å²) in [6.45, 7) is 2.87. The Hall–Kier alpha value is -1.65. The molecule has 0 spiro atoms. The molecular formula is C17H18BrNO2. The van der Waals surface area contributed by atoms with E-state index < -0.39 is 5.97 Å². The third-order valence-electron chi connectivity index (χ3n) is 3.36. The van der Waals surface area contributed by atoms with Crippen molar-refractivity contribution in [2.75, 3.05) is 0 Å². The summed E-state index contributed by atoms with van der Waals surface area (Å²) < 4.78 is 1.10. The van der Waals surface area contributed by atoms with Crippen LogP contribution in [0.1, 0.15) is 29.7 Å². The predicted molar refractivity (Wildman–Crippen MR) is 87.2 cm³/mol. The molecule has 0 fully saturated rings. The highest BCUT2D eigenvalue weighted by Gasteiger charge is 2.08. The number of rotatable bonds is 6. The minimum absolute atomic E-state index is 0.0705. The van der Waals surface area contributed by atoms with Crippen LogP contribution in [0, 0.1) is 0 Å². The van der Waals surface area contributed by atoms with Gasteiger partial charge in [0.05, 0.1) is 6.42 Å². The molecule has 1 atom stereocenters. The lowest BCUT2D eigenvalue weighted by molar-refractivity contribution is -0.136. The van der Waals surface area contributed by atoms with Crippen molar-refractivity contribution in [3.63, 3.8) is 0 Å². The lowest BCUT2D eigenvalue weighted by Gasteiger charge is -2.16. The van der Waals surface area contributed by atoms with Crippen LogP contribution in [0.5, 0.6) is 0 Å². The first-order valence-corrected chi connectivity index (χ1v) is 7.63. The Morgan fingerprint density at radius 2 is 1.76 bits per heavy atom. The number of halogens is 1. The summed E-state index contributed by atoms with van der Waals surface area (Å²) in [5.74, 6) is -0.802. The summed E-state index contributed by atoms with van der Waals surface area (Å²) in [5.41, 5.74) is 3.19. The Bertz CT molecular complexity index is 610. The van der Waals surface area contributed by atoms with Crippen LogP contribution in [-0.2, 0) is 17.8 Å². The highest BCUT2D eigenvalue weighted by atomic mass is 79.9. The van der Waals surface area contributed by atoms with Gasteiger partial charge in [-0.1, -0.05) is 58.4 Å². The molecular weight excluding hydrogens is 330 g/mol. The van der Waals surface area contributed by atoms with Gasteiger partial charge in [0.2, 0.25) is 0 Å². The topological polar surface area (TPSA) is 49.3 Å². The van der Waals surface area contributed by atoms with Gasteiger partial charge < -0.3 is 10.4 Å². The zero-order valence-corrected chi connectivity index (χ0v) is 13.4. The Labute approximate surface area is 133 Å². The van der Waals surface area contributed by atoms with Crippen molar-refractivity contribution in [1.29, 1.82) is 0 Å². The molecule has 21 heavy (non-hydrogen) atoms. The molecule has 0 saturated heterocycles. The third-order valence-corrected chi connectivity index (χ3v) is 4.08. The number of benzene rings is 2. The molecule has 4 heteroatoms. The second-order valence-corrected chi connectivity index (χ2v) is 5.87. The van der Waals surface area contributed by atoms with Crippen molar-refractivity contribution in [2.24, 2.45) is 0 Å². The van der Waals surface area contributed by atoms with Gasteiger partial charge in [-0.25, -0.2) is 0 Å². The van der Waals surface area contributed by atoms with Crippen LogP contribution in [0.3, 0.4) is 0 Å². The van der Waals surface area contributed by atoms with Gasteiger partial charge in [-0.2, -0.15) is 0 Å². The van der Waals surface area contributed by atoms with Crippen molar-refractivity contribution in [3.8, 4) is 0 Å². The van der Waals surface area contributed by atoms with Crippen molar-refractivity contribution < 1.29 is 9.90 Å². The van der Waals surface area contributed by atoms with Crippen molar-refractivity contribution in [2.45, 2.75) is 25.9 Å². The molecule has 0 heterocycles. The van der Waals surface area contributed by atoms with Crippen molar-refractivity contribution >= 4 is 21.9 Å². The van der Waals surface area contributed by atoms with Gasteiger partial charge in [-0.05, 0) is 29.7 Å². The first kappa shape index (κ1) is 15.7. The fourth-order valence-electron chi connectivity index (χ4n) is 2.16. The fraction of sp³-hybridized carbons (Fsp3) is 0.235. The number of carboxylic acid groups (broad SMARTS) is 1. The Balaban J connectivity index is 1.94. The lowest BCUT2D eigenvalue weighted by atomic mass is 10.1. The van der Waals surface area contributed by atoms with Crippen molar-refractivity contribution in [1.82, 2.24) is 5.32 Å². The lowest BCUT2D eigenvalue weighted by Crippen LogP contribution is -2.18. The second kappa shape index (κ2) is 7.38. The number of carbonyl (C=O) groups is 1. The number of carboxylic acids is 1. The van der Waals surface area contributed by atoms with Gasteiger partial charge in [0, 0.05) is 17.1 Å². The van der Waals surface area contributed by atoms with E-state index in [2.05, 4.69) is 34.2 Å². The predicted octanol–water partition coefficient (Wildman–Crippen LogP) is 3.93. The van der Waals surface area contributed by atoms with Crippen molar-refractivity contribution in [3.05, 3.63) is 69.7 Å². The number of hydrogen-bond donors (Lipinski definition) is 2. The first-order chi connectivity index (χ1) is 10.1. The summed E-state index contributed by atoms with van der Waals surface area (Å²) >= 11 is 3.56. The van der Waals surface area contributed by atoms with Gasteiger partial charge in [0.15, 0.2) is 0 Å². The maximum Gasteiger partial charge on any atom is 0.307 e. The smallest absolute Gasteiger partial charge is 0.307 e. The van der Waals surface area contributed by atoms with E-state index in [1.165, 1.54) is 5.56 Å². The minimum Gasteiger partial charge on any atom is -0.481 e. The molecule has 2 aromatic rings. The molecule has 0 aromatic heterocycles. The average Bonchev–Trinajstić information content (AvgIpc) is 2.46. The fourth-order valence-corrected chi connectivity index (χ4v) is 2.78. The first-order valence-electron chi connectivity index (χ1n) is 6.83. The quantitative estimate of drug-likeness (QED) is 0.832. The van der Waals surface area contributed by atoms with Crippen LogP contribution in [0.15, 0.2) is 53.0 Å². The molecule has 0 unspecified atom stereocenters. The minimum atomic E-state index is -0.802. The molecule has 0 aliphatic rings. The number of aliphatic carboxylic acids is 1. The van der Waals surface area contributed by atoms with Gasteiger partial charge in [0.1, 0.15) is 0 Å². The van der Waals surface area contributed by atoms with Crippen LogP contribution in [0.2, 0.25) is 0 Å². The number of nitrogens with one attached hydrogen (secondary N) is 1. The van der Waals surface area contributed by atoms with E-state index in [-0.39, 0.29) is 12.5 Å². The zero-order chi connectivity index (χ0) is 15.2. The summed E-state index contributed by atoms with van der Waals surface area (Å²) in [4.78, 5) is 10.6. The van der Waals surface area contributed by atoms with Crippen LogP contribution >= 0.6 is 15.9 Å². The van der Waals surface area contributed by atoms with Crippen LogP contribution in [0.4, 0.5) is 0 Å². The number of hydrogen-bond acceptors (Lipinski definition) is 2. The SMILES string of the molecule is C[C@@H](NCc1ccc(CC(=O)O)cc1)c1ccccc1Br. The molecule has 0 amide bonds. The molecule has 2 N–H and O–H groups in total. The van der Waals surface area contributed by atoms with E-state index in [4.69, 9.17) is 5.11 Å². The van der Waals surface area contributed by atoms with E-state index in [1.54, 1.807) is 0 Å². The molecule has 0 radical (unpaired) electrons.